The van der Waals surface area contributed by atoms with E-state index in [1.165, 1.54) is 7.11 Å². The summed E-state index contributed by atoms with van der Waals surface area (Å²) in [6, 6.07) is -0.238. The first-order chi connectivity index (χ1) is 7.90. The molecule has 0 bridgehead atoms. The molecule has 1 atom stereocenters. The van der Waals surface area contributed by atoms with Crippen LogP contribution < -0.4 is 0 Å². The van der Waals surface area contributed by atoms with Gasteiger partial charge in [0.05, 0.1) is 41.3 Å². The van der Waals surface area contributed by atoms with Gasteiger partial charge in [0.15, 0.2) is 6.04 Å². The zero-order chi connectivity index (χ0) is 13.2. The average molecular weight is 242 g/mol. The van der Waals surface area contributed by atoms with E-state index in [2.05, 4.69) is 9.48 Å². The lowest BCUT2D eigenvalue weighted by molar-refractivity contribution is -0.491. The van der Waals surface area contributed by atoms with Gasteiger partial charge in [-0.3, -0.25) is 14.4 Å². The molecule has 0 aromatic rings. The van der Waals surface area contributed by atoms with Crippen LogP contribution in [0, 0.1) is 5.92 Å². The van der Waals surface area contributed by atoms with E-state index in [1.807, 2.05) is 39.9 Å². The number of rotatable bonds is 3. The van der Waals surface area contributed by atoms with Crippen molar-refractivity contribution < 1.29 is 14.1 Å². The summed E-state index contributed by atoms with van der Waals surface area (Å²) >= 11 is 0. The molecule has 1 aliphatic rings. The number of guanidine groups is 1. The van der Waals surface area contributed by atoms with Crippen LogP contribution in [0.15, 0.2) is 0 Å². The predicted molar refractivity (Wildman–Crippen MR) is 67.1 cm³/mol. The normalized spacial score (nSPS) is 17.7. The Kier molecular flexibility index (Phi) is 4.37. The minimum absolute atomic E-state index is 0.177. The number of methoxy groups -OCH3 is 1. The number of esters is 1. The number of carbonyl (C=O) groups is 1. The largest absolute Gasteiger partial charge is 0.466 e. The van der Waals surface area contributed by atoms with Gasteiger partial charge < -0.3 is 4.74 Å². The molecule has 0 unspecified atom stereocenters. The summed E-state index contributed by atoms with van der Waals surface area (Å²) < 4.78 is 7.06. The van der Waals surface area contributed by atoms with Gasteiger partial charge in [-0.2, -0.15) is 0 Å². The molecule has 0 spiro atoms. The van der Waals surface area contributed by atoms with Gasteiger partial charge in [-0.25, -0.2) is 4.79 Å². The molecule has 1 aliphatic heterocycles. The van der Waals surface area contributed by atoms with E-state index in [1.54, 1.807) is 0 Å². The topological polar surface area (TPSA) is 35.8 Å². The van der Waals surface area contributed by atoms with Crippen molar-refractivity contribution in [1.82, 2.24) is 9.80 Å². The maximum atomic E-state index is 11.9. The van der Waals surface area contributed by atoms with E-state index < -0.39 is 0 Å². The summed E-state index contributed by atoms with van der Waals surface area (Å²) in [4.78, 5) is 16.0. The molecule has 0 N–H and O–H groups in total. The highest BCUT2D eigenvalue weighted by Gasteiger charge is 2.38. The lowest BCUT2D eigenvalue weighted by Crippen LogP contribution is -2.51. The fourth-order valence-electron chi connectivity index (χ4n) is 2.45. The van der Waals surface area contributed by atoms with Crippen molar-refractivity contribution in [2.45, 2.75) is 19.9 Å². The third kappa shape index (κ3) is 2.70. The molecular formula is C12H24N3O2+. The number of hydrogen-bond donors (Lipinski definition) is 0. The molecule has 0 saturated carbocycles. The van der Waals surface area contributed by atoms with Gasteiger partial charge in [0.2, 0.25) is 0 Å². The van der Waals surface area contributed by atoms with Crippen molar-refractivity contribution in [1.29, 1.82) is 0 Å². The fourth-order valence-corrected chi connectivity index (χ4v) is 2.45. The standard InChI is InChI=1S/C12H24N3O2/c1-9(2)10(11(16)17-6)15(5)12-13(3)7-8-14(12)4/h9-10H,7-8H2,1-6H3/q+1/t10-/m0/s1. The highest BCUT2D eigenvalue weighted by atomic mass is 16.5. The van der Waals surface area contributed by atoms with Crippen LogP contribution in [0.3, 0.4) is 0 Å². The molecule has 1 heterocycles. The fraction of sp³-hybridized carbons (Fsp3) is 0.833. The van der Waals surface area contributed by atoms with Gasteiger partial charge in [0, 0.05) is 0 Å². The summed E-state index contributed by atoms with van der Waals surface area (Å²) in [5.74, 6) is 1.11. The van der Waals surface area contributed by atoms with Crippen LogP contribution in [0.4, 0.5) is 0 Å². The second-order valence-corrected chi connectivity index (χ2v) is 4.97. The van der Waals surface area contributed by atoms with Gasteiger partial charge >= 0.3 is 11.9 Å². The Hall–Kier alpha value is -1.26. The maximum Gasteiger partial charge on any atom is 0.350 e. The molecule has 0 aliphatic carbocycles. The van der Waals surface area contributed by atoms with E-state index >= 15 is 0 Å². The number of likely N-dealkylation sites (N-methyl/N-ethyl adjacent to an activating group) is 3. The number of carbonyl (C=O) groups excluding carboxylic acids is 1. The molecule has 0 fully saturated rings. The summed E-state index contributed by atoms with van der Waals surface area (Å²) in [5.41, 5.74) is 0. The Morgan fingerprint density at radius 2 is 2.12 bits per heavy atom. The van der Waals surface area contributed by atoms with E-state index in [4.69, 9.17) is 4.74 Å². The molecule has 0 saturated heterocycles. The molecule has 0 aromatic heterocycles. The number of nitrogens with zero attached hydrogens (tertiary/aromatic N) is 3. The van der Waals surface area contributed by atoms with Crippen LogP contribution in [-0.2, 0) is 9.53 Å². The maximum absolute atomic E-state index is 11.9. The van der Waals surface area contributed by atoms with Gasteiger partial charge in [-0.1, -0.05) is 13.8 Å². The second-order valence-electron chi connectivity index (χ2n) is 4.97. The molecule has 0 radical (unpaired) electrons. The molecule has 17 heavy (non-hydrogen) atoms. The van der Waals surface area contributed by atoms with E-state index in [0.29, 0.717) is 0 Å². The Morgan fingerprint density at radius 1 is 1.53 bits per heavy atom. The van der Waals surface area contributed by atoms with Gasteiger partial charge in [-0.05, 0) is 5.92 Å². The number of ether oxygens (including phenoxy) is 1. The highest BCUT2D eigenvalue weighted by molar-refractivity contribution is 5.84. The SMILES string of the molecule is COC(=O)[C@H](C(C)C)N(C)C1=[N+](C)CCN1C. The van der Waals surface area contributed by atoms with Crippen molar-refractivity contribution in [2.75, 3.05) is 41.3 Å². The molecular weight excluding hydrogens is 218 g/mol. The van der Waals surface area contributed by atoms with E-state index in [9.17, 15) is 4.79 Å². The molecule has 1 rings (SSSR count). The van der Waals surface area contributed by atoms with Gasteiger partial charge in [0.25, 0.3) is 0 Å². The smallest absolute Gasteiger partial charge is 0.350 e. The molecule has 0 amide bonds. The Bertz CT molecular complexity index is 326. The lowest BCUT2D eigenvalue weighted by Gasteiger charge is -2.27. The minimum Gasteiger partial charge on any atom is -0.466 e. The number of hydrogen-bond acceptors (Lipinski definition) is 4. The Balaban J connectivity index is 2.96. The van der Waals surface area contributed by atoms with Crippen LogP contribution in [-0.4, -0.2) is 73.7 Å². The average Bonchev–Trinajstić information content (AvgIpc) is 2.57. The molecule has 98 valence electrons. The van der Waals surface area contributed by atoms with Crippen LogP contribution in [0.25, 0.3) is 0 Å². The van der Waals surface area contributed by atoms with Crippen molar-refractivity contribution in [3.05, 3.63) is 0 Å². The third-order valence-electron chi connectivity index (χ3n) is 3.26. The van der Waals surface area contributed by atoms with Crippen LogP contribution in [0.1, 0.15) is 13.8 Å². The van der Waals surface area contributed by atoms with Crippen molar-refractivity contribution in [2.24, 2.45) is 5.92 Å². The van der Waals surface area contributed by atoms with Gasteiger partial charge in [0.1, 0.15) is 0 Å². The summed E-state index contributed by atoms with van der Waals surface area (Å²) in [6.07, 6.45) is 0. The van der Waals surface area contributed by atoms with Crippen LogP contribution >= 0.6 is 0 Å². The van der Waals surface area contributed by atoms with Crippen molar-refractivity contribution >= 4 is 11.9 Å². The van der Waals surface area contributed by atoms with Gasteiger partial charge in [-0.15, -0.1) is 0 Å². The van der Waals surface area contributed by atoms with Crippen LogP contribution in [0.5, 0.6) is 0 Å². The summed E-state index contributed by atoms with van der Waals surface area (Å²) in [7, 11) is 7.49. The molecule has 0 aromatic carbocycles. The zero-order valence-corrected chi connectivity index (χ0v) is 11.7. The Morgan fingerprint density at radius 3 is 2.47 bits per heavy atom. The van der Waals surface area contributed by atoms with E-state index in [0.717, 1.165) is 19.0 Å². The third-order valence-corrected chi connectivity index (χ3v) is 3.26. The minimum atomic E-state index is -0.238. The van der Waals surface area contributed by atoms with Crippen LogP contribution in [0.2, 0.25) is 0 Å². The van der Waals surface area contributed by atoms with Crippen molar-refractivity contribution in [3.63, 3.8) is 0 Å². The van der Waals surface area contributed by atoms with E-state index in [-0.39, 0.29) is 17.9 Å². The summed E-state index contributed by atoms with van der Waals surface area (Å²) in [6.45, 7) is 6.05. The first-order valence-electron chi connectivity index (χ1n) is 6.00. The second kappa shape index (κ2) is 5.38. The zero-order valence-electron chi connectivity index (χ0n) is 11.7. The predicted octanol–water partition coefficient (Wildman–Crippen LogP) is 0.0595. The quantitative estimate of drug-likeness (QED) is 0.518. The molecule has 5 nitrogen and oxygen atoms in total. The summed E-state index contributed by atoms with van der Waals surface area (Å²) in [5, 5.41) is 0. The monoisotopic (exact) mass is 242 g/mol. The Labute approximate surface area is 104 Å². The highest BCUT2D eigenvalue weighted by Crippen LogP contribution is 2.14. The first-order valence-corrected chi connectivity index (χ1v) is 6.00. The van der Waals surface area contributed by atoms with Crippen molar-refractivity contribution in [3.8, 4) is 0 Å². The molecule has 5 heteroatoms. The first kappa shape index (κ1) is 13.8. The lowest BCUT2D eigenvalue weighted by atomic mass is 10.0.